The van der Waals surface area contributed by atoms with Gasteiger partial charge in [0.1, 0.15) is 11.5 Å². The highest BCUT2D eigenvalue weighted by atomic mass is 32.2. The lowest BCUT2D eigenvalue weighted by Gasteiger charge is -2.10. The number of aliphatic imine (C=N–C) groups is 1. The maximum atomic E-state index is 5.48. The van der Waals surface area contributed by atoms with Crippen LogP contribution in [0.15, 0.2) is 23.2 Å². The van der Waals surface area contributed by atoms with Gasteiger partial charge >= 0.3 is 0 Å². The van der Waals surface area contributed by atoms with Crippen LogP contribution in [0.5, 0.6) is 11.5 Å². The Bertz CT molecular complexity index is 730. The molecule has 1 aromatic heterocycles. The van der Waals surface area contributed by atoms with E-state index in [4.69, 9.17) is 9.47 Å². The zero-order valence-electron chi connectivity index (χ0n) is 16.9. The summed E-state index contributed by atoms with van der Waals surface area (Å²) >= 11 is 1.87. The van der Waals surface area contributed by atoms with Crippen molar-refractivity contribution >= 4 is 28.6 Å². The molecule has 1 heterocycles. The van der Waals surface area contributed by atoms with E-state index in [1.165, 1.54) is 11.4 Å². The number of H-pyrrole nitrogens is 1. The molecule has 2 aromatic rings. The molecule has 0 saturated carbocycles. The molecule has 1 aromatic carbocycles. The molecule has 0 saturated heterocycles. The van der Waals surface area contributed by atoms with Gasteiger partial charge < -0.3 is 25.1 Å². The number of nitrogens with one attached hydrogen (secondary N) is 3. The maximum absolute atomic E-state index is 5.48. The molecule has 0 unspecified atom stereocenters. The SMILES string of the molecule is CCNC(=NCCCc1cc2c(OC)cc(OC)cc2[nH]1)NCCCSC. The number of aromatic nitrogens is 1. The summed E-state index contributed by atoms with van der Waals surface area (Å²) in [4.78, 5) is 8.13. The third-order valence-electron chi connectivity index (χ3n) is 4.22. The Hall–Kier alpha value is -2.02. The standard InChI is InChI=1S/C20H32N4O2S/c1-5-21-20(23-10-7-11-27-4)22-9-6-8-15-12-17-18(24-15)13-16(25-2)14-19(17)26-3/h12-14,24H,5-11H2,1-4H3,(H2,21,22,23). The van der Waals surface area contributed by atoms with Gasteiger partial charge in [0.25, 0.3) is 0 Å². The highest BCUT2D eigenvalue weighted by Crippen LogP contribution is 2.31. The first-order valence-electron chi connectivity index (χ1n) is 9.46. The fourth-order valence-corrected chi connectivity index (χ4v) is 3.32. The minimum atomic E-state index is 0.785. The number of benzene rings is 1. The molecule has 0 bridgehead atoms. The van der Waals surface area contributed by atoms with E-state index in [0.717, 1.165) is 67.3 Å². The Balaban J connectivity index is 1.91. The predicted molar refractivity (Wildman–Crippen MR) is 117 cm³/mol. The van der Waals surface area contributed by atoms with Gasteiger partial charge in [0.05, 0.1) is 19.7 Å². The molecular weight excluding hydrogens is 360 g/mol. The van der Waals surface area contributed by atoms with Crippen molar-refractivity contribution in [2.24, 2.45) is 4.99 Å². The van der Waals surface area contributed by atoms with Gasteiger partial charge in [-0.05, 0) is 44.3 Å². The van der Waals surface area contributed by atoms with Gasteiger partial charge in [-0.3, -0.25) is 4.99 Å². The Morgan fingerprint density at radius 3 is 2.70 bits per heavy atom. The molecule has 7 heteroatoms. The number of ether oxygens (including phenoxy) is 2. The molecule has 0 aliphatic rings. The summed E-state index contributed by atoms with van der Waals surface area (Å²) in [6.45, 7) is 4.70. The summed E-state index contributed by atoms with van der Waals surface area (Å²) in [6, 6.07) is 6.07. The second-order valence-corrected chi connectivity index (χ2v) is 7.21. The number of methoxy groups -OCH3 is 2. The van der Waals surface area contributed by atoms with Crippen molar-refractivity contribution in [3.8, 4) is 11.5 Å². The van der Waals surface area contributed by atoms with Crippen LogP contribution in [0, 0.1) is 0 Å². The van der Waals surface area contributed by atoms with E-state index < -0.39 is 0 Å². The quantitative estimate of drug-likeness (QED) is 0.310. The van der Waals surface area contributed by atoms with Crippen LogP contribution < -0.4 is 20.1 Å². The van der Waals surface area contributed by atoms with Crippen LogP contribution in [0.2, 0.25) is 0 Å². The molecule has 0 aliphatic heterocycles. The minimum absolute atomic E-state index is 0.785. The van der Waals surface area contributed by atoms with Crippen LogP contribution in [0.3, 0.4) is 0 Å². The Labute approximate surface area is 166 Å². The lowest BCUT2D eigenvalue weighted by Crippen LogP contribution is -2.38. The minimum Gasteiger partial charge on any atom is -0.497 e. The molecule has 0 spiro atoms. The van der Waals surface area contributed by atoms with E-state index in [1.807, 2.05) is 23.9 Å². The molecule has 6 nitrogen and oxygen atoms in total. The number of aromatic amines is 1. The van der Waals surface area contributed by atoms with Gasteiger partial charge in [-0.15, -0.1) is 0 Å². The van der Waals surface area contributed by atoms with Gasteiger partial charge in [-0.2, -0.15) is 11.8 Å². The van der Waals surface area contributed by atoms with Crippen molar-refractivity contribution in [3.63, 3.8) is 0 Å². The van der Waals surface area contributed by atoms with Crippen LogP contribution in [0.1, 0.15) is 25.5 Å². The van der Waals surface area contributed by atoms with Crippen molar-refractivity contribution in [1.82, 2.24) is 15.6 Å². The topological polar surface area (TPSA) is 70.7 Å². The number of hydrogen-bond acceptors (Lipinski definition) is 4. The van der Waals surface area contributed by atoms with Crippen LogP contribution in [0.4, 0.5) is 0 Å². The largest absolute Gasteiger partial charge is 0.497 e. The highest BCUT2D eigenvalue weighted by Gasteiger charge is 2.09. The number of rotatable bonds is 11. The van der Waals surface area contributed by atoms with Gasteiger partial charge in [0.2, 0.25) is 0 Å². The smallest absolute Gasteiger partial charge is 0.191 e. The highest BCUT2D eigenvalue weighted by molar-refractivity contribution is 7.98. The van der Waals surface area contributed by atoms with Gasteiger partial charge in [-0.25, -0.2) is 0 Å². The zero-order valence-corrected chi connectivity index (χ0v) is 17.7. The van der Waals surface area contributed by atoms with Gasteiger partial charge in [0.15, 0.2) is 5.96 Å². The number of hydrogen-bond donors (Lipinski definition) is 3. The van der Waals surface area contributed by atoms with E-state index >= 15 is 0 Å². The third kappa shape index (κ3) is 6.57. The third-order valence-corrected chi connectivity index (χ3v) is 4.92. The van der Waals surface area contributed by atoms with Crippen LogP contribution >= 0.6 is 11.8 Å². The maximum Gasteiger partial charge on any atom is 0.191 e. The fourth-order valence-electron chi connectivity index (χ4n) is 2.88. The summed E-state index contributed by atoms with van der Waals surface area (Å²) in [6.07, 6.45) is 5.20. The molecule has 2 rings (SSSR count). The molecule has 0 radical (unpaired) electrons. The van der Waals surface area contributed by atoms with Gasteiger partial charge in [-0.1, -0.05) is 0 Å². The normalized spacial score (nSPS) is 11.6. The summed E-state index contributed by atoms with van der Waals surface area (Å²) in [5.74, 6) is 3.69. The lowest BCUT2D eigenvalue weighted by molar-refractivity contribution is 0.398. The molecule has 0 fully saturated rings. The van der Waals surface area contributed by atoms with E-state index in [1.54, 1.807) is 14.2 Å². The van der Waals surface area contributed by atoms with E-state index in [-0.39, 0.29) is 0 Å². The second kappa shape index (κ2) is 11.6. The first-order valence-corrected chi connectivity index (χ1v) is 10.9. The average Bonchev–Trinajstić information content (AvgIpc) is 3.10. The summed E-state index contributed by atoms with van der Waals surface area (Å²) < 4.78 is 10.8. The zero-order chi connectivity index (χ0) is 19.5. The molecule has 27 heavy (non-hydrogen) atoms. The first-order chi connectivity index (χ1) is 13.2. The number of thioether (sulfide) groups is 1. The Morgan fingerprint density at radius 2 is 2.00 bits per heavy atom. The molecule has 150 valence electrons. The molecular formula is C20H32N4O2S. The number of aryl methyl sites for hydroxylation is 1. The van der Waals surface area contributed by atoms with Crippen LogP contribution in [0.25, 0.3) is 10.9 Å². The van der Waals surface area contributed by atoms with Crippen molar-refractivity contribution < 1.29 is 9.47 Å². The molecule has 0 aliphatic carbocycles. The Morgan fingerprint density at radius 1 is 1.15 bits per heavy atom. The lowest BCUT2D eigenvalue weighted by atomic mass is 10.2. The predicted octanol–water partition coefficient (Wildman–Crippen LogP) is 3.43. The summed E-state index contributed by atoms with van der Waals surface area (Å²) in [7, 11) is 3.35. The number of guanidine groups is 1. The first kappa shape index (κ1) is 21.3. The van der Waals surface area contributed by atoms with E-state index in [9.17, 15) is 0 Å². The molecule has 3 N–H and O–H groups in total. The summed E-state index contributed by atoms with van der Waals surface area (Å²) in [5, 5.41) is 7.78. The number of nitrogens with zero attached hydrogens (tertiary/aromatic N) is 1. The molecule has 0 atom stereocenters. The number of fused-ring (bicyclic) bond motifs is 1. The monoisotopic (exact) mass is 392 g/mol. The van der Waals surface area contributed by atoms with Crippen molar-refractivity contribution in [3.05, 3.63) is 23.9 Å². The Kier molecular flexibility index (Phi) is 9.18. The second-order valence-electron chi connectivity index (χ2n) is 6.22. The fraction of sp³-hybridized carbons (Fsp3) is 0.550. The van der Waals surface area contributed by atoms with E-state index in [0.29, 0.717) is 0 Å². The van der Waals surface area contributed by atoms with Crippen LogP contribution in [-0.2, 0) is 6.42 Å². The van der Waals surface area contributed by atoms with Crippen molar-refractivity contribution in [2.45, 2.75) is 26.2 Å². The van der Waals surface area contributed by atoms with Crippen molar-refractivity contribution in [2.75, 3.05) is 45.9 Å². The van der Waals surface area contributed by atoms with Gasteiger partial charge in [0, 0.05) is 42.8 Å². The average molecular weight is 393 g/mol. The summed E-state index contributed by atoms with van der Waals surface area (Å²) in [5.41, 5.74) is 2.22. The van der Waals surface area contributed by atoms with Crippen LogP contribution in [-0.4, -0.2) is 56.8 Å². The van der Waals surface area contributed by atoms with E-state index in [2.05, 4.69) is 39.9 Å². The molecule has 0 amide bonds. The van der Waals surface area contributed by atoms with Crippen molar-refractivity contribution in [1.29, 1.82) is 0 Å².